The first-order valence-corrected chi connectivity index (χ1v) is 12.6. The average molecular weight is 429 g/mol. The van der Waals surface area contributed by atoms with Gasteiger partial charge in [-0.2, -0.15) is 0 Å². The lowest BCUT2D eigenvalue weighted by molar-refractivity contribution is -0.210. The lowest BCUT2D eigenvalue weighted by Gasteiger charge is -2.62. The molecule has 0 saturated heterocycles. The Morgan fingerprint density at radius 1 is 1.06 bits per heavy atom. The first-order chi connectivity index (χ1) is 14.4. The molecule has 0 bridgehead atoms. The van der Waals surface area contributed by atoms with Crippen molar-refractivity contribution in [3.63, 3.8) is 0 Å². The van der Waals surface area contributed by atoms with Gasteiger partial charge in [0.25, 0.3) is 0 Å². The van der Waals surface area contributed by atoms with Crippen LogP contribution >= 0.6 is 0 Å². The van der Waals surface area contributed by atoms with Crippen LogP contribution in [0.2, 0.25) is 0 Å². The Hall–Kier alpha value is -0.900. The fraction of sp³-hybridized carbons (Fsp3) is 0.786. The van der Waals surface area contributed by atoms with Gasteiger partial charge in [-0.1, -0.05) is 63.6 Å². The summed E-state index contributed by atoms with van der Waals surface area (Å²) in [5.74, 6) is 2.40. The Balaban J connectivity index is 1.62. The number of hydrogen-bond donors (Lipinski definition) is 3. The Morgan fingerprint density at radius 3 is 2.45 bits per heavy atom. The van der Waals surface area contributed by atoms with Gasteiger partial charge in [-0.25, -0.2) is 0 Å². The molecule has 0 amide bonds. The van der Waals surface area contributed by atoms with E-state index in [0.717, 1.165) is 19.3 Å². The summed E-state index contributed by atoms with van der Waals surface area (Å²) >= 11 is 0. The van der Waals surface area contributed by atoms with Gasteiger partial charge < -0.3 is 15.3 Å². The first kappa shape index (κ1) is 23.3. The van der Waals surface area contributed by atoms with Crippen LogP contribution < -0.4 is 0 Å². The molecule has 3 saturated carbocycles. The van der Waals surface area contributed by atoms with Gasteiger partial charge in [0.05, 0.1) is 6.10 Å². The molecule has 0 aliphatic heterocycles. The molecular formula is C28H44O3. The summed E-state index contributed by atoms with van der Waals surface area (Å²) in [6.45, 7) is 15.4. The van der Waals surface area contributed by atoms with Crippen molar-refractivity contribution in [1.82, 2.24) is 0 Å². The number of allylic oxidation sites excluding steroid dienone is 4. The van der Waals surface area contributed by atoms with Crippen molar-refractivity contribution in [1.29, 1.82) is 0 Å². The van der Waals surface area contributed by atoms with Crippen molar-refractivity contribution in [2.24, 2.45) is 40.4 Å². The largest absolute Gasteiger partial charge is 0.393 e. The molecule has 31 heavy (non-hydrogen) atoms. The molecule has 4 aliphatic carbocycles. The van der Waals surface area contributed by atoms with Crippen molar-refractivity contribution in [2.45, 2.75) is 97.4 Å². The highest BCUT2D eigenvalue weighted by Crippen LogP contribution is 2.67. The molecule has 4 rings (SSSR count). The third-order valence-corrected chi connectivity index (χ3v) is 10.4. The highest BCUT2D eigenvalue weighted by Gasteiger charge is 2.64. The molecular weight excluding hydrogens is 384 g/mol. The van der Waals surface area contributed by atoms with E-state index in [1.807, 2.05) is 6.08 Å². The summed E-state index contributed by atoms with van der Waals surface area (Å²) < 4.78 is 0. The van der Waals surface area contributed by atoms with Crippen LogP contribution in [-0.2, 0) is 0 Å². The Labute approximate surface area is 189 Å². The highest BCUT2D eigenvalue weighted by atomic mass is 16.3. The number of rotatable bonds is 4. The maximum atomic E-state index is 11.6. The van der Waals surface area contributed by atoms with E-state index < -0.39 is 17.8 Å². The van der Waals surface area contributed by atoms with Gasteiger partial charge in [0.15, 0.2) is 0 Å². The van der Waals surface area contributed by atoms with Gasteiger partial charge in [-0.05, 0) is 80.5 Å². The minimum Gasteiger partial charge on any atom is -0.393 e. The van der Waals surface area contributed by atoms with E-state index in [4.69, 9.17) is 0 Å². The highest BCUT2D eigenvalue weighted by molar-refractivity contribution is 5.33. The van der Waals surface area contributed by atoms with Crippen molar-refractivity contribution >= 4 is 0 Å². The predicted octanol–water partition coefficient (Wildman–Crippen LogP) is 5.42. The zero-order chi connectivity index (χ0) is 22.8. The zero-order valence-electron chi connectivity index (χ0n) is 20.3. The van der Waals surface area contributed by atoms with E-state index in [1.165, 1.54) is 30.4 Å². The summed E-state index contributed by atoms with van der Waals surface area (Å²) in [4.78, 5) is 0. The monoisotopic (exact) mass is 428 g/mol. The maximum Gasteiger partial charge on any atom is 0.102 e. The smallest absolute Gasteiger partial charge is 0.102 e. The van der Waals surface area contributed by atoms with Crippen LogP contribution in [0.25, 0.3) is 0 Å². The Bertz CT molecular complexity index is 783. The molecule has 0 radical (unpaired) electrons. The van der Waals surface area contributed by atoms with Crippen LogP contribution in [-0.4, -0.2) is 33.1 Å². The SMILES string of the molecule is C=C(C)C(C)C=CC(C)C1CCC2C3=CC(O)C4(O)CC(O)CCC4(C)C3CCC21C. The summed E-state index contributed by atoms with van der Waals surface area (Å²) in [6.07, 6.45) is 11.8. The fourth-order valence-corrected chi connectivity index (χ4v) is 8.09. The molecule has 10 atom stereocenters. The molecule has 4 aliphatic rings. The molecule has 10 unspecified atom stereocenters. The summed E-state index contributed by atoms with van der Waals surface area (Å²) in [7, 11) is 0. The maximum absolute atomic E-state index is 11.6. The summed E-state index contributed by atoms with van der Waals surface area (Å²) in [6, 6.07) is 0. The second kappa shape index (κ2) is 7.85. The Kier molecular flexibility index (Phi) is 5.89. The number of fused-ring (bicyclic) bond motifs is 5. The average Bonchev–Trinajstić information content (AvgIpc) is 3.05. The van der Waals surface area contributed by atoms with E-state index in [9.17, 15) is 15.3 Å². The summed E-state index contributed by atoms with van der Waals surface area (Å²) in [5, 5.41) is 32.9. The van der Waals surface area contributed by atoms with Crippen molar-refractivity contribution in [2.75, 3.05) is 0 Å². The number of aliphatic hydroxyl groups is 3. The van der Waals surface area contributed by atoms with Crippen LogP contribution in [0.4, 0.5) is 0 Å². The minimum atomic E-state index is -1.21. The molecule has 0 aromatic carbocycles. The molecule has 0 heterocycles. The van der Waals surface area contributed by atoms with E-state index in [-0.39, 0.29) is 17.3 Å². The second-order valence-corrected chi connectivity index (χ2v) is 12.1. The molecule has 3 N–H and O–H groups in total. The van der Waals surface area contributed by atoms with Crippen LogP contribution in [0.15, 0.2) is 36.0 Å². The molecule has 3 heteroatoms. The number of aliphatic hydroxyl groups excluding tert-OH is 2. The molecule has 174 valence electrons. The lowest BCUT2D eigenvalue weighted by Crippen LogP contribution is -2.65. The first-order valence-electron chi connectivity index (χ1n) is 12.6. The minimum absolute atomic E-state index is 0.248. The van der Waals surface area contributed by atoms with E-state index in [2.05, 4.69) is 53.3 Å². The van der Waals surface area contributed by atoms with Crippen molar-refractivity contribution in [3.8, 4) is 0 Å². The molecule has 3 fully saturated rings. The molecule has 3 nitrogen and oxygen atoms in total. The Morgan fingerprint density at radius 2 is 1.77 bits per heavy atom. The number of hydrogen-bond acceptors (Lipinski definition) is 3. The fourth-order valence-electron chi connectivity index (χ4n) is 8.09. The van der Waals surface area contributed by atoms with E-state index in [1.54, 1.807) is 0 Å². The van der Waals surface area contributed by atoms with Gasteiger partial charge in [0, 0.05) is 11.8 Å². The topological polar surface area (TPSA) is 60.7 Å². The van der Waals surface area contributed by atoms with E-state index in [0.29, 0.717) is 29.6 Å². The van der Waals surface area contributed by atoms with E-state index >= 15 is 0 Å². The van der Waals surface area contributed by atoms with Crippen LogP contribution in [0, 0.1) is 40.4 Å². The third-order valence-electron chi connectivity index (χ3n) is 10.4. The van der Waals surface area contributed by atoms with Crippen molar-refractivity contribution < 1.29 is 15.3 Å². The van der Waals surface area contributed by atoms with Crippen molar-refractivity contribution in [3.05, 3.63) is 36.0 Å². The summed E-state index contributed by atoms with van der Waals surface area (Å²) in [5.41, 5.74) is 1.31. The van der Waals surface area contributed by atoms with Gasteiger partial charge in [-0.3, -0.25) is 0 Å². The molecule has 0 aromatic rings. The van der Waals surface area contributed by atoms with Gasteiger partial charge in [0.1, 0.15) is 11.7 Å². The third kappa shape index (κ3) is 3.42. The standard InChI is InChI=1S/C28H44O3/c1-17(2)18(3)7-8-19(4)22-9-10-23-21-15-25(30)28(31)16-20(29)11-14-27(28,6)24(21)12-13-26(22,23)5/h7-8,15,18-20,22-25,29-31H,1,9-14,16H2,2-6H3. The zero-order valence-corrected chi connectivity index (χ0v) is 20.3. The normalized spacial score (nSPS) is 49.0. The van der Waals surface area contributed by atoms with Crippen LogP contribution in [0.1, 0.15) is 79.6 Å². The van der Waals surface area contributed by atoms with Gasteiger partial charge >= 0.3 is 0 Å². The lowest BCUT2D eigenvalue weighted by atomic mass is 9.45. The van der Waals surface area contributed by atoms with Crippen LogP contribution in [0.5, 0.6) is 0 Å². The quantitative estimate of drug-likeness (QED) is 0.524. The second-order valence-electron chi connectivity index (χ2n) is 12.1. The van der Waals surface area contributed by atoms with Gasteiger partial charge in [0.2, 0.25) is 0 Å². The predicted molar refractivity (Wildman–Crippen MR) is 126 cm³/mol. The van der Waals surface area contributed by atoms with Gasteiger partial charge in [-0.15, -0.1) is 0 Å². The van der Waals surface area contributed by atoms with Crippen LogP contribution in [0.3, 0.4) is 0 Å². The molecule has 0 spiro atoms. The molecule has 0 aromatic heterocycles.